The molecule has 292 valence electrons. The highest BCUT2D eigenvalue weighted by atomic mass is 79.9. The molecule has 7 nitrogen and oxygen atoms in total. The van der Waals surface area contributed by atoms with Gasteiger partial charge in [0.1, 0.15) is 0 Å². The Labute approximate surface area is 348 Å². The Morgan fingerprint density at radius 1 is 0.603 bits per heavy atom. The number of Topliss-reactive ketones (excluding diaryl/α,β-unsaturated/α-hetero) is 2. The van der Waals surface area contributed by atoms with Crippen LogP contribution in [0.2, 0.25) is 0 Å². The number of ketones is 2. The predicted octanol–water partition coefficient (Wildman–Crippen LogP) is 11.7. The maximum Gasteiger partial charge on any atom is 0.162 e. The summed E-state index contributed by atoms with van der Waals surface area (Å²) in [6.45, 7) is 8.70. The molecular formula is C50H48BrN5O2. The highest BCUT2D eigenvalue weighted by Gasteiger charge is 2.43. The van der Waals surface area contributed by atoms with Gasteiger partial charge in [0.25, 0.3) is 0 Å². The fraction of sp³-hybridized carbons (Fsp3) is 0.280. The molecule has 2 aliphatic carbocycles. The van der Waals surface area contributed by atoms with Gasteiger partial charge in [-0.1, -0.05) is 80.0 Å². The summed E-state index contributed by atoms with van der Waals surface area (Å²) < 4.78 is 1.02. The minimum atomic E-state index is -0.0831. The van der Waals surface area contributed by atoms with Crippen LogP contribution in [-0.4, -0.2) is 35.6 Å². The average molecular weight is 831 g/mol. The molecule has 0 bridgehead atoms. The molecule has 4 heterocycles. The summed E-state index contributed by atoms with van der Waals surface area (Å²) in [5.74, 6) is 0.335. The molecule has 4 aromatic carbocycles. The van der Waals surface area contributed by atoms with Gasteiger partial charge in [-0.25, -0.2) is 0 Å². The van der Waals surface area contributed by atoms with E-state index in [1.807, 2.05) is 50.8 Å². The topological polar surface area (TPSA) is 87.2 Å². The van der Waals surface area contributed by atoms with E-state index >= 15 is 0 Å². The van der Waals surface area contributed by atoms with Crippen molar-refractivity contribution in [2.75, 3.05) is 29.6 Å². The number of hydrogen-bond acceptors (Lipinski definition) is 7. The van der Waals surface area contributed by atoms with Crippen LogP contribution in [0, 0.1) is 10.8 Å². The van der Waals surface area contributed by atoms with E-state index in [4.69, 9.17) is 0 Å². The van der Waals surface area contributed by atoms with Gasteiger partial charge in [-0.15, -0.1) is 0 Å². The number of carbonyl (C=O) groups excluding carboxylic acids is 2. The van der Waals surface area contributed by atoms with Gasteiger partial charge in [0.15, 0.2) is 11.6 Å². The van der Waals surface area contributed by atoms with Crippen LogP contribution < -0.4 is 15.5 Å². The van der Waals surface area contributed by atoms with Crippen LogP contribution in [0.1, 0.15) is 87.5 Å². The fourth-order valence-electron chi connectivity index (χ4n) is 9.68. The molecule has 2 unspecified atom stereocenters. The van der Waals surface area contributed by atoms with E-state index in [1.54, 1.807) is 0 Å². The number of hydrogen-bond donors (Lipinski definition) is 2. The molecule has 0 saturated carbocycles. The lowest BCUT2D eigenvalue weighted by Crippen LogP contribution is -2.34. The molecule has 2 aromatic heterocycles. The van der Waals surface area contributed by atoms with Crippen molar-refractivity contribution in [3.8, 4) is 0 Å². The van der Waals surface area contributed by atoms with E-state index in [0.717, 1.165) is 101 Å². The number of rotatable bonds is 3. The van der Waals surface area contributed by atoms with Crippen molar-refractivity contribution in [3.05, 3.63) is 159 Å². The molecule has 10 rings (SSSR count). The van der Waals surface area contributed by atoms with E-state index in [1.165, 1.54) is 0 Å². The van der Waals surface area contributed by atoms with E-state index in [2.05, 4.69) is 142 Å². The smallest absolute Gasteiger partial charge is 0.162 e. The van der Waals surface area contributed by atoms with E-state index in [0.29, 0.717) is 12.8 Å². The number of halogens is 1. The Bertz CT molecular complexity index is 2730. The van der Waals surface area contributed by atoms with Crippen molar-refractivity contribution in [1.29, 1.82) is 0 Å². The van der Waals surface area contributed by atoms with Crippen molar-refractivity contribution in [1.82, 2.24) is 9.97 Å². The van der Waals surface area contributed by atoms with Crippen LogP contribution in [-0.2, 0) is 9.59 Å². The molecule has 2 aliphatic heterocycles. The average Bonchev–Trinajstić information content (AvgIpc) is 3.18. The van der Waals surface area contributed by atoms with Gasteiger partial charge in [0.05, 0.1) is 11.0 Å². The summed E-state index contributed by atoms with van der Waals surface area (Å²) in [7, 11) is 4.09. The summed E-state index contributed by atoms with van der Waals surface area (Å²) in [6, 6.07) is 33.4. The number of allylic oxidation sites excluding steroid dienone is 4. The van der Waals surface area contributed by atoms with Gasteiger partial charge in [0, 0.05) is 106 Å². The SMILES string of the molecule is CC1(C)CC(=O)C2=C(C1)Nc1ccc3ncccc3c1C2c1cccc(Br)c1.CN(C)c1ccc(C2C3=C(CC(C)(C)CC3=O)Nc3ccc4ncccc4c32)cc1. The van der Waals surface area contributed by atoms with Gasteiger partial charge < -0.3 is 15.5 Å². The maximum absolute atomic E-state index is 13.4. The third-order valence-electron chi connectivity index (χ3n) is 12.1. The van der Waals surface area contributed by atoms with E-state index < -0.39 is 0 Å². The molecule has 6 aromatic rings. The number of anilines is 3. The van der Waals surface area contributed by atoms with Crippen molar-refractivity contribution in [2.45, 2.75) is 65.2 Å². The molecular weight excluding hydrogens is 782 g/mol. The number of pyridine rings is 2. The molecule has 0 amide bonds. The minimum Gasteiger partial charge on any atom is -0.378 e. The standard InChI is InChI=1S/C26H27N3O.C24H21BrN2O/c1-26(2)14-21-25(22(30)15-26)23(16-7-9-17(10-8-16)29(3)4)24-18-6-5-13-27-19(18)11-12-20(24)28-21;1-24(2)12-19-23(20(28)13-24)21(14-5-3-6-15(25)11-14)22-16-7-4-10-26-17(16)8-9-18(22)27-19/h5-13,23,28H,14-15H2,1-4H3;3-11,21,27H,12-13H2,1-2H3. The van der Waals surface area contributed by atoms with Crippen LogP contribution in [0.4, 0.5) is 17.1 Å². The second kappa shape index (κ2) is 14.3. The molecule has 2 atom stereocenters. The molecule has 0 fully saturated rings. The van der Waals surface area contributed by atoms with E-state index in [-0.39, 0.29) is 34.2 Å². The molecule has 0 saturated heterocycles. The van der Waals surface area contributed by atoms with Gasteiger partial charge in [-0.2, -0.15) is 0 Å². The Hall–Kier alpha value is -5.60. The van der Waals surface area contributed by atoms with Crippen molar-refractivity contribution in [2.24, 2.45) is 10.8 Å². The Kier molecular flexibility index (Phi) is 9.39. The first-order valence-electron chi connectivity index (χ1n) is 20.1. The van der Waals surface area contributed by atoms with Gasteiger partial charge in [-0.3, -0.25) is 19.6 Å². The molecule has 0 spiro atoms. The third kappa shape index (κ3) is 6.81. The third-order valence-corrected chi connectivity index (χ3v) is 12.6. The number of aromatic nitrogens is 2. The number of carbonyl (C=O) groups is 2. The minimum absolute atomic E-state index is 0.0271. The lowest BCUT2D eigenvalue weighted by molar-refractivity contribution is -0.119. The van der Waals surface area contributed by atoms with Crippen LogP contribution in [0.25, 0.3) is 21.8 Å². The van der Waals surface area contributed by atoms with Crippen molar-refractivity contribution >= 4 is 66.4 Å². The lowest BCUT2D eigenvalue weighted by atomic mass is 9.68. The second-order valence-corrected chi connectivity index (χ2v) is 18.9. The Morgan fingerprint density at radius 2 is 1.10 bits per heavy atom. The lowest BCUT2D eigenvalue weighted by Gasteiger charge is -2.40. The zero-order chi connectivity index (χ0) is 40.5. The van der Waals surface area contributed by atoms with Crippen LogP contribution in [0.5, 0.6) is 0 Å². The summed E-state index contributed by atoms with van der Waals surface area (Å²) in [5, 5.41) is 9.44. The first-order valence-corrected chi connectivity index (χ1v) is 20.9. The molecule has 0 radical (unpaired) electrons. The van der Waals surface area contributed by atoms with Crippen LogP contribution in [0.15, 0.2) is 136 Å². The Morgan fingerprint density at radius 3 is 1.59 bits per heavy atom. The van der Waals surface area contributed by atoms with Gasteiger partial charge in [0.2, 0.25) is 0 Å². The highest BCUT2D eigenvalue weighted by molar-refractivity contribution is 9.10. The predicted molar refractivity (Wildman–Crippen MR) is 239 cm³/mol. The fourth-order valence-corrected chi connectivity index (χ4v) is 10.1. The van der Waals surface area contributed by atoms with Crippen molar-refractivity contribution in [3.63, 3.8) is 0 Å². The summed E-state index contributed by atoms with van der Waals surface area (Å²) in [4.78, 5) is 38.0. The summed E-state index contributed by atoms with van der Waals surface area (Å²) in [6.07, 6.45) is 6.56. The summed E-state index contributed by atoms with van der Waals surface area (Å²) in [5.41, 5.74) is 13.8. The number of fused-ring (bicyclic) bond motifs is 6. The first kappa shape index (κ1) is 37.9. The maximum atomic E-state index is 13.4. The van der Waals surface area contributed by atoms with E-state index in [9.17, 15) is 9.59 Å². The number of nitrogens with one attached hydrogen (secondary N) is 2. The molecule has 2 N–H and O–H groups in total. The normalized spacial score (nSPS) is 20.2. The van der Waals surface area contributed by atoms with Crippen LogP contribution >= 0.6 is 15.9 Å². The quantitative estimate of drug-likeness (QED) is 0.184. The van der Waals surface area contributed by atoms with Crippen molar-refractivity contribution < 1.29 is 9.59 Å². The second-order valence-electron chi connectivity index (χ2n) is 18.0. The number of nitrogens with zero attached hydrogens (tertiary/aromatic N) is 3. The Balaban J connectivity index is 0.000000151. The largest absolute Gasteiger partial charge is 0.378 e. The van der Waals surface area contributed by atoms with Crippen LogP contribution in [0.3, 0.4) is 0 Å². The van der Waals surface area contributed by atoms with Gasteiger partial charge in [-0.05, 0) is 107 Å². The summed E-state index contributed by atoms with van der Waals surface area (Å²) >= 11 is 3.61. The highest BCUT2D eigenvalue weighted by Crippen LogP contribution is 2.52. The zero-order valence-electron chi connectivity index (χ0n) is 33.9. The molecule has 58 heavy (non-hydrogen) atoms. The number of benzene rings is 4. The van der Waals surface area contributed by atoms with Gasteiger partial charge >= 0.3 is 0 Å². The molecule has 8 heteroatoms. The zero-order valence-corrected chi connectivity index (χ0v) is 35.5. The molecule has 4 aliphatic rings. The monoisotopic (exact) mass is 829 g/mol. The first-order chi connectivity index (χ1) is 27.8.